The van der Waals surface area contributed by atoms with Gasteiger partial charge in [-0.1, -0.05) is 54.6 Å². The van der Waals surface area contributed by atoms with E-state index in [2.05, 4.69) is 0 Å². The Hall–Kier alpha value is -3.07. The second kappa shape index (κ2) is 6.79. The van der Waals surface area contributed by atoms with Crippen LogP contribution in [0.25, 0.3) is 11.1 Å². The van der Waals surface area contributed by atoms with Crippen LogP contribution in [0, 0.1) is 0 Å². The Morgan fingerprint density at radius 1 is 0.783 bits per heavy atom. The molecule has 0 aliphatic rings. The van der Waals surface area contributed by atoms with Crippen LogP contribution in [0.3, 0.4) is 0 Å². The van der Waals surface area contributed by atoms with Crippen molar-refractivity contribution >= 4 is 5.97 Å². The molecule has 3 heteroatoms. The van der Waals surface area contributed by atoms with Crippen molar-refractivity contribution in [3.63, 3.8) is 0 Å². The second-order valence-electron chi connectivity index (χ2n) is 5.19. The van der Waals surface area contributed by atoms with Gasteiger partial charge in [-0.05, 0) is 41.0 Å². The monoisotopic (exact) mass is 304 g/mol. The van der Waals surface area contributed by atoms with Gasteiger partial charge in [0.2, 0.25) is 0 Å². The highest BCUT2D eigenvalue weighted by molar-refractivity contribution is 5.90. The third-order valence-electron chi connectivity index (χ3n) is 3.53. The zero-order chi connectivity index (χ0) is 16.1. The van der Waals surface area contributed by atoms with Crippen LogP contribution in [0.5, 0.6) is 5.75 Å². The minimum atomic E-state index is -0.342. The molecule has 0 saturated carbocycles. The molecule has 0 heterocycles. The van der Waals surface area contributed by atoms with Gasteiger partial charge in [0.1, 0.15) is 12.4 Å². The standard InChI is InChI=1S/C20H16O3/c21-19-12-10-17(11-13-19)16-6-8-18(9-7-16)20(22)23-14-15-4-2-1-3-5-15/h1-13,21H,14H2. The van der Waals surface area contributed by atoms with Crippen molar-refractivity contribution in [2.45, 2.75) is 6.61 Å². The molecule has 3 aromatic rings. The molecule has 114 valence electrons. The summed E-state index contributed by atoms with van der Waals surface area (Å²) in [5.74, 6) is -0.110. The molecule has 0 aliphatic heterocycles. The van der Waals surface area contributed by atoms with Gasteiger partial charge in [0, 0.05) is 0 Å². The normalized spacial score (nSPS) is 10.3. The molecule has 3 nitrogen and oxygen atoms in total. The molecule has 0 amide bonds. The van der Waals surface area contributed by atoms with Gasteiger partial charge in [-0.15, -0.1) is 0 Å². The lowest BCUT2D eigenvalue weighted by Gasteiger charge is -2.06. The van der Waals surface area contributed by atoms with Crippen molar-refractivity contribution in [1.82, 2.24) is 0 Å². The first-order valence-corrected chi connectivity index (χ1v) is 7.33. The lowest BCUT2D eigenvalue weighted by molar-refractivity contribution is 0.0473. The molecule has 0 saturated heterocycles. The van der Waals surface area contributed by atoms with Crippen molar-refractivity contribution < 1.29 is 14.6 Å². The number of benzene rings is 3. The molecule has 0 spiro atoms. The number of esters is 1. The third-order valence-corrected chi connectivity index (χ3v) is 3.53. The molecule has 0 aliphatic carbocycles. The molecular formula is C20H16O3. The summed E-state index contributed by atoms with van der Waals surface area (Å²) >= 11 is 0. The SMILES string of the molecule is O=C(OCc1ccccc1)c1ccc(-c2ccc(O)cc2)cc1. The summed E-state index contributed by atoms with van der Waals surface area (Å²) in [5, 5.41) is 9.31. The highest BCUT2D eigenvalue weighted by Gasteiger charge is 2.07. The van der Waals surface area contributed by atoms with Gasteiger partial charge in [0.15, 0.2) is 0 Å². The number of hydrogen-bond donors (Lipinski definition) is 1. The zero-order valence-electron chi connectivity index (χ0n) is 12.5. The lowest BCUT2D eigenvalue weighted by atomic mass is 10.0. The number of phenolic OH excluding ortho intramolecular Hbond substituents is 1. The van der Waals surface area contributed by atoms with Crippen molar-refractivity contribution in [3.8, 4) is 16.9 Å². The largest absolute Gasteiger partial charge is 0.508 e. The molecule has 0 unspecified atom stereocenters. The summed E-state index contributed by atoms with van der Waals surface area (Å²) in [5.41, 5.74) is 3.43. The number of hydrogen-bond acceptors (Lipinski definition) is 3. The van der Waals surface area contributed by atoms with Gasteiger partial charge < -0.3 is 9.84 Å². The highest BCUT2D eigenvalue weighted by Crippen LogP contribution is 2.22. The zero-order valence-corrected chi connectivity index (χ0v) is 12.5. The van der Waals surface area contributed by atoms with E-state index in [0.29, 0.717) is 5.56 Å². The maximum absolute atomic E-state index is 12.1. The Balaban J connectivity index is 1.67. The van der Waals surface area contributed by atoms with Crippen molar-refractivity contribution in [2.24, 2.45) is 0 Å². The number of aromatic hydroxyl groups is 1. The summed E-state index contributed by atoms with van der Waals surface area (Å²) in [7, 11) is 0. The van der Waals surface area contributed by atoms with E-state index in [1.54, 1.807) is 24.3 Å². The number of rotatable bonds is 4. The highest BCUT2D eigenvalue weighted by atomic mass is 16.5. The predicted octanol–water partition coefficient (Wildman–Crippen LogP) is 4.42. The van der Waals surface area contributed by atoms with Gasteiger partial charge in [-0.2, -0.15) is 0 Å². The van der Waals surface area contributed by atoms with Gasteiger partial charge >= 0.3 is 5.97 Å². The quantitative estimate of drug-likeness (QED) is 0.726. The fourth-order valence-electron chi connectivity index (χ4n) is 2.26. The number of carbonyl (C=O) groups is 1. The molecule has 0 aromatic heterocycles. The third kappa shape index (κ3) is 3.77. The first-order chi connectivity index (χ1) is 11.2. The van der Waals surface area contributed by atoms with Crippen LogP contribution in [0.1, 0.15) is 15.9 Å². The fourth-order valence-corrected chi connectivity index (χ4v) is 2.26. The Morgan fingerprint density at radius 2 is 1.35 bits per heavy atom. The maximum Gasteiger partial charge on any atom is 0.338 e. The summed E-state index contributed by atoms with van der Waals surface area (Å²) < 4.78 is 5.30. The van der Waals surface area contributed by atoms with E-state index in [0.717, 1.165) is 16.7 Å². The Bertz CT molecular complexity index is 775. The van der Waals surface area contributed by atoms with Crippen LogP contribution in [-0.2, 0) is 11.3 Å². The first-order valence-electron chi connectivity index (χ1n) is 7.33. The van der Waals surface area contributed by atoms with E-state index in [4.69, 9.17) is 4.74 Å². The minimum Gasteiger partial charge on any atom is -0.508 e. The Kier molecular flexibility index (Phi) is 4.39. The van der Waals surface area contributed by atoms with Crippen LogP contribution in [0.15, 0.2) is 78.9 Å². The van der Waals surface area contributed by atoms with Gasteiger partial charge in [0.05, 0.1) is 5.56 Å². The molecule has 1 N–H and O–H groups in total. The van der Waals surface area contributed by atoms with Crippen LogP contribution in [0.4, 0.5) is 0 Å². The molecule has 3 rings (SSSR count). The second-order valence-corrected chi connectivity index (χ2v) is 5.19. The maximum atomic E-state index is 12.1. The van der Waals surface area contributed by atoms with Crippen LogP contribution in [-0.4, -0.2) is 11.1 Å². The topological polar surface area (TPSA) is 46.5 Å². The van der Waals surface area contributed by atoms with E-state index >= 15 is 0 Å². The molecule has 0 fully saturated rings. The number of phenols is 1. The number of carbonyl (C=O) groups excluding carboxylic acids is 1. The first kappa shape index (κ1) is 14.9. The lowest BCUT2D eigenvalue weighted by Crippen LogP contribution is -2.05. The van der Waals surface area contributed by atoms with Crippen molar-refractivity contribution in [1.29, 1.82) is 0 Å². The summed E-state index contributed by atoms with van der Waals surface area (Å²) in [4.78, 5) is 12.1. The Morgan fingerprint density at radius 3 is 1.96 bits per heavy atom. The van der Waals surface area contributed by atoms with E-state index in [1.807, 2.05) is 54.6 Å². The molecule has 23 heavy (non-hydrogen) atoms. The van der Waals surface area contributed by atoms with Crippen molar-refractivity contribution in [2.75, 3.05) is 0 Å². The van der Waals surface area contributed by atoms with Crippen LogP contribution >= 0.6 is 0 Å². The average molecular weight is 304 g/mol. The fraction of sp³-hybridized carbons (Fsp3) is 0.0500. The predicted molar refractivity (Wildman–Crippen MR) is 89.1 cm³/mol. The molecule has 3 aromatic carbocycles. The summed E-state index contributed by atoms with van der Waals surface area (Å²) in [6.07, 6.45) is 0. The van der Waals surface area contributed by atoms with E-state index in [1.165, 1.54) is 0 Å². The minimum absolute atomic E-state index is 0.231. The molecular weight excluding hydrogens is 288 g/mol. The van der Waals surface area contributed by atoms with Crippen LogP contribution in [0.2, 0.25) is 0 Å². The number of ether oxygens (including phenoxy) is 1. The van der Waals surface area contributed by atoms with E-state index in [9.17, 15) is 9.90 Å². The average Bonchev–Trinajstić information content (AvgIpc) is 2.61. The van der Waals surface area contributed by atoms with Crippen molar-refractivity contribution in [3.05, 3.63) is 90.0 Å². The molecule has 0 bridgehead atoms. The summed E-state index contributed by atoms with van der Waals surface area (Å²) in [6.45, 7) is 0.263. The molecule has 0 atom stereocenters. The summed E-state index contributed by atoms with van der Waals surface area (Å²) in [6, 6.07) is 23.7. The van der Waals surface area contributed by atoms with Crippen LogP contribution < -0.4 is 0 Å². The van der Waals surface area contributed by atoms with Gasteiger partial charge in [-0.3, -0.25) is 0 Å². The van der Waals surface area contributed by atoms with E-state index in [-0.39, 0.29) is 18.3 Å². The van der Waals surface area contributed by atoms with E-state index < -0.39 is 0 Å². The smallest absolute Gasteiger partial charge is 0.338 e. The molecule has 0 radical (unpaired) electrons. The Labute approximate surface area is 134 Å². The van der Waals surface area contributed by atoms with Gasteiger partial charge in [-0.25, -0.2) is 4.79 Å². The van der Waals surface area contributed by atoms with Gasteiger partial charge in [0.25, 0.3) is 0 Å².